The molecule has 3 rings (SSSR count). The number of aryl methyl sites for hydroxylation is 1. The van der Waals surface area contributed by atoms with Gasteiger partial charge in [-0.3, -0.25) is 9.59 Å². The van der Waals surface area contributed by atoms with Crippen LogP contribution >= 0.6 is 0 Å². The maximum Gasteiger partial charge on any atom is 0.214 e. The molecule has 0 aromatic heterocycles. The van der Waals surface area contributed by atoms with E-state index in [1.165, 1.54) is 0 Å². The topological polar surface area (TPSA) is 83.6 Å². The molecular formula is C15H16N2O3. The summed E-state index contributed by atoms with van der Waals surface area (Å²) in [6.07, 6.45) is -0.286. The summed E-state index contributed by atoms with van der Waals surface area (Å²) in [6.45, 7) is 2.70. The van der Waals surface area contributed by atoms with Gasteiger partial charge in [0, 0.05) is 12.1 Å². The average Bonchev–Trinajstić information content (AvgIpc) is 2.46. The van der Waals surface area contributed by atoms with Crippen molar-refractivity contribution in [3.05, 3.63) is 46.3 Å². The number of Topliss-reactive ketones (excluding diaryl/α,β-unsaturated/α-hetero) is 2. The number of nitrogens with two attached hydrogens (primary N) is 1. The highest BCUT2D eigenvalue weighted by atomic mass is 16.3. The van der Waals surface area contributed by atoms with Gasteiger partial charge in [-0.15, -0.1) is 0 Å². The third-order valence-corrected chi connectivity index (χ3v) is 3.96. The summed E-state index contributed by atoms with van der Waals surface area (Å²) in [5.41, 5.74) is 8.88. The van der Waals surface area contributed by atoms with Crippen LogP contribution in [0.1, 0.15) is 28.4 Å². The Morgan fingerprint density at radius 1 is 1.35 bits per heavy atom. The number of aliphatic hydroxyl groups excluding tert-OH is 1. The van der Waals surface area contributed by atoms with E-state index >= 15 is 0 Å². The highest BCUT2D eigenvalue weighted by molar-refractivity contribution is 6.08. The Morgan fingerprint density at radius 3 is 2.75 bits per heavy atom. The minimum atomic E-state index is -1.18. The van der Waals surface area contributed by atoms with E-state index in [0.717, 1.165) is 23.1 Å². The molecule has 1 aromatic carbocycles. The lowest BCUT2D eigenvalue weighted by molar-refractivity contribution is -0.126. The standard InChI is InChI=1S/C15H16N2O3/c1-2-8-3-4-10-9(5-8)6-17(7-11(10)18)13-12(16)14(19)15(13)20/h3-5,15,20H,2,6-7,16H2,1H3. The summed E-state index contributed by atoms with van der Waals surface area (Å²) in [7, 11) is 0. The van der Waals surface area contributed by atoms with Gasteiger partial charge >= 0.3 is 0 Å². The van der Waals surface area contributed by atoms with Crippen molar-refractivity contribution < 1.29 is 14.7 Å². The zero-order chi connectivity index (χ0) is 14.4. The zero-order valence-electron chi connectivity index (χ0n) is 11.2. The molecule has 5 heteroatoms. The van der Waals surface area contributed by atoms with Crippen LogP contribution in [0.2, 0.25) is 0 Å². The van der Waals surface area contributed by atoms with Crippen molar-refractivity contribution in [2.24, 2.45) is 5.73 Å². The first kappa shape index (κ1) is 12.9. The molecule has 104 valence electrons. The highest BCUT2D eigenvalue weighted by Gasteiger charge is 2.41. The lowest BCUT2D eigenvalue weighted by Crippen LogP contribution is -2.50. The van der Waals surface area contributed by atoms with Crippen LogP contribution in [0.5, 0.6) is 0 Å². The van der Waals surface area contributed by atoms with Crippen LogP contribution in [0.3, 0.4) is 0 Å². The van der Waals surface area contributed by atoms with Crippen molar-refractivity contribution in [1.82, 2.24) is 4.90 Å². The maximum atomic E-state index is 12.2. The molecule has 0 fully saturated rings. The van der Waals surface area contributed by atoms with Gasteiger partial charge in [0.15, 0.2) is 11.9 Å². The lowest BCUT2D eigenvalue weighted by Gasteiger charge is -2.38. The molecule has 0 saturated heterocycles. The Labute approximate surface area is 116 Å². The number of hydrogen-bond donors (Lipinski definition) is 2. The number of benzene rings is 1. The van der Waals surface area contributed by atoms with Crippen LogP contribution < -0.4 is 5.73 Å². The molecule has 1 unspecified atom stereocenters. The van der Waals surface area contributed by atoms with Crippen molar-refractivity contribution in [2.45, 2.75) is 26.0 Å². The number of carbonyl (C=O) groups is 2. The predicted octanol–water partition coefficient (Wildman–Crippen LogP) is 0.361. The molecule has 1 aliphatic carbocycles. The molecule has 0 spiro atoms. The summed E-state index contributed by atoms with van der Waals surface area (Å²) in [5, 5.41) is 9.69. The van der Waals surface area contributed by atoms with Crippen LogP contribution in [0.25, 0.3) is 0 Å². The molecule has 0 saturated carbocycles. The molecule has 3 N–H and O–H groups in total. The summed E-state index contributed by atoms with van der Waals surface area (Å²) < 4.78 is 0. The fourth-order valence-electron chi connectivity index (χ4n) is 2.77. The molecule has 0 radical (unpaired) electrons. The summed E-state index contributed by atoms with van der Waals surface area (Å²) in [4.78, 5) is 25.2. The molecule has 1 heterocycles. The number of carbonyl (C=O) groups excluding carboxylic acids is 2. The van der Waals surface area contributed by atoms with E-state index in [4.69, 9.17) is 5.73 Å². The van der Waals surface area contributed by atoms with E-state index in [9.17, 15) is 14.7 Å². The Hall–Kier alpha value is -2.14. The van der Waals surface area contributed by atoms with Crippen LogP contribution in [0.15, 0.2) is 29.6 Å². The third-order valence-electron chi connectivity index (χ3n) is 3.96. The minimum Gasteiger partial charge on any atom is -0.394 e. The molecule has 5 nitrogen and oxygen atoms in total. The highest BCUT2D eigenvalue weighted by Crippen LogP contribution is 2.30. The number of nitrogens with zero attached hydrogens (tertiary/aromatic N) is 1. The Bertz CT molecular complexity index is 649. The van der Waals surface area contributed by atoms with E-state index in [0.29, 0.717) is 12.2 Å². The second kappa shape index (κ2) is 4.45. The second-order valence-electron chi connectivity index (χ2n) is 5.19. The van der Waals surface area contributed by atoms with Gasteiger partial charge in [0.25, 0.3) is 0 Å². The SMILES string of the molecule is CCc1ccc2c(c1)CN(C1=C(N)C(=O)C1O)CC2=O. The van der Waals surface area contributed by atoms with Gasteiger partial charge in [-0.2, -0.15) is 0 Å². The van der Waals surface area contributed by atoms with E-state index in [-0.39, 0.29) is 18.0 Å². The van der Waals surface area contributed by atoms with Crippen LogP contribution in [-0.4, -0.2) is 34.2 Å². The molecular weight excluding hydrogens is 256 g/mol. The van der Waals surface area contributed by atoms with Gasteiger partial charge in [0.2, 0.25) is 5.78 Å². The van der Waals surface area contributed by atoms with Gasteiger partial charge in [-0.1, -0.05) is 25.1 Å². The van der Waals surface area contributed by atoms with E-state index in [2.05, 4.69) is 6.92 Å². The molecule has 1 aliphatic heterocycles. The first-order valence-electron chi connectivity index (χ1n) is 6.64. The Kier molecular flexibility index (Phi) is 2.87. The average molecular weight is 272 g/mol. The van der Waals surface area contributed by atoms with Crippen molar-refractivity contribution >= 4 is 11.6 Å². The first-order chi connectivity index (χ1) is 9.52. The van der Waals surface area contributed by atoms with E-state index in [1.54, 1.807) is 4.90 Å². The molecule has 20 heavy (non-hydrogen) atoms. The molecule has 1 aromatic rings. The monoisotopic (exact) mass is 272 g/mol. The number of fused-ring (bicyclic) bond motifs is 1. The van der Waals surface area contributed by atoms with Crippen LogP contribution in [0.4, 0.5) is 0 Å². The quantitative estimate of drug-likeness (QED) is 0.812. The second-order valence-corrected chi connectivity index (χ2v) is 5.19. The summed E-state index contributed by atoms with van der Waals surface area (Å²) in [6, 6.07) is 5.82. The van der Waals surface area contributed by atoms with Gasteiger partial charge in [0.05, 0.1) is 12.2 Å². The van der Waals surface area contributed by atoms with Gasteiger partial charge < -0.3 is 15.7 Å². The summed E-state index contributed by atoms with van der Waals surface area (Å²) >= 11 is 0. The third kappa shape index (κ3) is 1.74. The molecule has 1 atom stereocenters. The maximum absolute atomic E-state index is 12.2. The van der Waals surface area contributed by atoms with Crippen molar-refractivity contribution in [2.75, 3.05) is 6.54 Å². The first-order valence-corrected chi connectivity index (χ1v) is 6.64. The van der Waals surface area contributed by atoms with Gasteiger partial charge in [0.1, 0.15) is 5.70 Å². The Balaban J connectivity index is 1.96. The molecule has 0 bridgehead atoms. The predicted molar refractivity (Wildman–Crippen MR) is 72.8 cm³/mol. The fraction of sp³-hybridized carbons (Fsp3) is 0.333. The number of rotatable bonds is 2. The number of ketones is 2. The van der Waals surface area contributed by atoms with Gasteiger partial charge in [-0.05, 0) is 17.5 Å². The summed E-state index contributed by atoms with van der Waals surface area (Å²) in [5.74, 6) is -0.471. The smallest absolute Gasteiger partial charge is 0.214 e. The number of aliphatic hydroxyl groups is 1. The number of hydrogen-bond acceptors (Lipinski definition) is 5. The van der Waals surface area contributed by atoms with Gasteiger partial charge in [-0.25, -0.2) is 0 Å². The van der Waals surface area contributed by atoms with E-state index < -0.39 is 11.9 Å². The van der Waals surface area contributed by atoms with Crippen molar-refractivity contribution in [3.8, 4) is 0 Å². The molecule has 0 amide bonds. The van der Waals surface area contributed by atoms with Crippen molar-refractivity contribution in [3.63, 3.8) is 0 Å². The van der Waals surface area contributed by atoms with Crippen LogP contribution in [-0.2, 0) is 17.8 Å². The zero-order valence-corrected chi connectivity index (χ0v) is 11.2. The van der Waals surface area contributed by atoms with Crippen LogP contribution in [0, 0.1) is 0 Å². The minimum absolute atomic E-state index is 0.0132. The largest absolute Gasteiger partial charge is 0.394 e. The fourth-order valence-corrected chi connectivity index (χ4v) is 2.77. The Morgan fingerprint density at radius 2 is 2.10 bits per heavy atom. The lowest BCUT2D eigenvalue weighted by atomic mass is 9.90. The van der Waals surface area contributed by atoms with E-state index in [1.807, 2.05) is 18.2 Å². The molecule has 2 aliphatic rings. The normalized spacial score (nSPS) is 21.9. The van der Waals surface area contributed by atoms with Crippen molar-refractivity contribution in [1.29, 1.82) is 0 Å².